The Morgan fingerprint density at radius 1 is 1.09 bits per heavy atom. The predicted octanol–water partition coefficient (Wildman–Crippen LogP) is 2.35. The fraction of sp³-hybridized carbons (Fsp3) is 0.304. The van der Waals surface area contributed by atoms with Crippen molar-refractivity contribution in [2.45, 2.75) is 17.7 Å². The Labute approximate surface area is 186 Å². The van der Waals surface area contributed by atoms with E-state index in [-0.39, 0.29) is 22.2 Å². The first kappa shape index (κ1) is 21.9. The molecule has 0 N–H and O–H groups in total. The zero-order valence-electron chi connectivity index (χ0n) is 17.9. The van der Waals surface area contributed by atoms with Crippen LogP contribution in [0.15, 0.2) is 64.5 Å². The number of carbonyl (C=O) groups is 1. The second-order valence-corrected chi connectivity index (χ2v) is 10.0. The van der Waals surface area contributed by atoms with Gasteiger partial charge in [-0.3, -0.25) is 19.1 Å². The summed E-state index contributed by atoms with van der Waals surface area (Å²) < 4.78 is 24.8. The van der Waals surface area contributed by atoms with Gasteiger partial charge in [-0.1, -0.05) is 12.1 Å². The zero-order valence-corrected chi connectivity index (χ0v) is 18.7. The SMILES string of the molecule is Cn1c(N2CCCC(C(=O)c3ccc(S(C)(=O)=O)cc3)C2)nc(-c2ccncc2)cc1=O. The van der Waals surface area contributed by atoms with Crippen molar-refractivity contribution in [2.24, 2.45) is 13.0 Å². The summed E-state index contributed by atoms with van der Waals surface area (Å²) in [4.78, 5) is 36.6. The molecule has 1 fully saturated rings. The van der Waals surface area contributed by atoms with Gasteiger partial charge in [0.25, 0.3) is 5.56 Å². The maximum Gasteiger partial charge on any atom is 0.255 e. The van der Waals surface area contributed by atoms with E-state index in [2.05, 4.69) is 4.98 Å². The Bertz CT molecular complexity index is 1300. The molecule has 0 spiro atoms. The number of benzene rings is 1. The highest BCUT2D eigenvalue weighted by molar-refractivity contribution is 7.90. The maximum absolute atomic E-state index is 13.1. The second kappa shape index (κ2) is 8.66. The van der Waals surface area contributed by atoms with Gasteiger partial charge in [-0.05, 0) is 37.1 Å². The molecule has 0 bridgehead atoms. The van der Waals surface area contributed by atoms with Crippen LogP contribution < -0.4 is 10.5 Å². The van der Waals surface area contributed by atoms with Crippen LogP contribution in [0.25, 0.3) is 11.3 Å². The number of carbonyl (C=O) groups excluding carboxylic acids is 1. The Kier molecular flexibility index (Phi) is 5.92. The largest absolute Gasteiger partial charge is 0.341 e. The summed E-state index contributed by atoms with van der Waals surface area (Å²) in [5.41, 5.74) is 1.67. The number of pyridine rings is 1. The highest BCUT2D eigenvalue weighted by Gasteiger charge is 2.29. The molecule has 8 nitrogen and oxygen atoms in total. The number of ketones is 1. The highest BCUT2D eigenvalue weighted by Crippen LogP contribution is 2.26. The van der Waals surface area contributed by atoms with E-state index in [9.17, 15) is 18.0 Å². The third kappa shape index (κ3) is 4.47. The topological polar surface area (TPSA) is 102 Å². The number of hydrogen-bond acceptors (Lipinski definition) is 7. The van der Waals surface area contributed by atoms with Crippen molar-refractivity contribution in [1.29, 1.82) is 0 Å². The first-order chi connectivity index (χ1) is 15.2. The summed E-state index contributed by atoms with van der Waals surface area (Å²) in [6.07, 6.45) is 5.95. The summed E-state index contributed by atoms with van der Waals surface area (Å²) in [5.74, 6) is 0.216. The van der Waals surface area contributed by atoms with Crippen LogP contribution in [-0.4, -0.2) is 48.1 Å². The number of sulfone groups is 1. The molecule has 2 aromatic heterocycles. The Morgan fingerprint density at radius 2 is 1.78 bits per heavy atom. The molecule has 1 aliphatic rings. The number of Topliss-reactive ketones (excluding diaryl/α,β-unsaturated/α-hetero) is 1. The Balaban J connectivity index is 1.60. The molecule has 1 aromatic carbocycles. The summed E-state index contributed by atoms with van der Waals surface area (Å²) >= 11 is 0. The minimum Gasteiger partial charge on any atom is -0.341 e. The molecule has 166 valence electrons. The molecule has 1 aliphatic heterocycles. The van der Waals surface area contributed by atoms with Gasteiger partial charge in [0.2, 0.25) is 5.95 Å². The summed E-state index contributed by atoms with van der Waals surface area (Å²) in [6, 6.07) is 11.2. The number of anilines is 1. The van der Waals surface area contributed by atoms with E-state index < -0.39 is 9.84 Å². The van der Waals surface area contributed by atoms with E-state index in [1.54, 1.807) is 43.7 Å². The average Bonchev–Trinajstić information content (AvgIpc) is 2.80. The lowest BCUT2D eigenvalue weighted by Gasteiger charge is -2.33. The van der Waals surface area contributed by atoms with Crippen molar-refractivity contribution in [3.8, 4) is 11.3 Å². The first-order valence-corrected chi connectivity index (χ1v) is 12.2. The van der Waals surface area contributed by atoms with Gasteiger partial charge in [0.05, 0.1) is 10.6 Å². The van der Waals surface area contributed by atoms with E-state index >= 15 is 0 Å². The fourth-order valence-corrected chi connectivity index (χ4v) is 4.59. The van der Waals surface area contributed by atoms with E-state index in [4.69, 9.17) is 4.98 Å². The van der Waals surface area contributed by atoms with Gasteiger partial charge in [0.1, 0.15) is 0 Å². The van der Waals surface area contributed by atoms with Crippen LogP contribution in [-0.2, 0) is 16.9 Å². The molecule has 1 unspecified atom stereocenters. The van der Waals surface area contributed by atoms with E-state index in [0.717, 1.165) is 24.7 Å². The molecule has 0 radical (unpaired) electrons. The standard InChI is InChI=1S/C23H24N4O4S/c1-26-21(28)14-20(16-9-11-24-12-10-16)25-23(26)27-13-3-4-18(15-27)22(29)17-5-7-19(8-6-17)32(2,30)31/h5-12,14,18H,3-4,13,15H2,1-2H3. The third-order valence-corrected chi connectivity index (χ3v) is 6.86. The highest BCUT2D eigenvalue weighted by atomic mass is 32.2. The van der Waals surface area contributed by atoms with E-state index in [1.165, 1.54) is 22.8 Å². The van der Waals surface area contributed by atoms with E-state index in [0.29, 0.717) is 30.3 Å². The minimum atomic E-state index is -3.31. The van der Waals surface area contributed by atoms with Crippen LogP contribution in [0, 0.1) is 5.92 Å². The van der Waals surface area contributed by atoms with E-state index in [1.807, 2.05) is 4.90 Å². The normalized spacial score (nSPS) is 16.7. The van der Waals surface area contributed by atoms with Gasteiger partial charge in [0, 0.05) is 61.9 Å². The van der Waals surface area contributed by atoms with Crippen LogP contribution in [0.1, 0.15) is 23.2 Å². The third-order valence-electron chi connectivity index (χ3n) is 5.73. The molecule has 0 aliphatic carbocycles. The fourth-order valence-electron chi connectivity index (χ4n) is 3.96. The van der Waals surface area contributed by atoms with Crippen LogP contribution >= 0.6 is 0 Å². The molecular formula is C23H24N4O4S. The summed E-state index contributed by atoms with van der Waals surface area (Å²) in [7, 11) is -1.64. The van der Waals surface area contributed by atoms with Crippen molar-refractivity contribution >= 4 is 21.6 Å². The number of rotatable bonds is 5. The lowest BCUT2D eigenvalue weighted by molar-refractivity contribution is 0.0906. The molecule has 0 saturated carbocycles. The molecular weight excluding hydrogens is 428 g/mol. The first-order valence-electron chi connectivity index (χ1n) is 10.3. The van der Waals surface area contributed by atoms with Crippen LogP contribution in [0.3, 0.4) is 0 Å². The van der Waals surface area contributed by atoms with Gasteiger partial charge in [-0.25, -0.2) is 13.4 Å². The van der Waals surface area contributed by atoms with Gasteiger partial charge < -0.3 is 4.90 Å². The monoisotopic (exact) mass is 452 g/mol. The average molecular weight is 453 g/mol. The lowest BCUT2D eigenvalue weighted by Crippen LogP contribution is -2.41. The van der Waals surface area contributed by atoms with Crippen molar-refractivity contribution < 1.29 is 13.2 Å². The van der Waals surface area contributed by atoms with Crippen molar-refractivity contribution in [1.82, 2.24) is 14.5 Å². The second-order valence-electron chi connectivity index (χ2n) is 8.02. The van der Waals surface area contributed by atoms with Crippen LogP contribution in [0.2, 0.25) is 0 Å². The molecule has 1 saturated heterocycles. The summed E-state index contributed by atoms with van der Waals surface area (Å²) in [5, 5.41) is 0. The van der Waals surface area contributed by atoms with Crippen molar-refractivity contribution in [2.75, 3.05) is 24.2 Å². The lowest BCUT2D eigenvalue weighted by atomic mass is 9.90. The number of aromatic nitrogens is 3. The molecule has 3 heterocycles. The maximum atomic E-state index is 13.1. The van der Waals surface area contributed by atoms with Gasteiger partial charge >= 0.3 is 0 Å². The number of nitrogens with zero attached hydrogens (tertiary/aromatic N) is 4. The van der Waals surface area contributed by atoms with Crippen molar-refractivity contribution in [3.63, 3.8) is 0 Å². The summed E-state index contributed by atoms with van der Waals surface area (Å²) in [6.45, 7) is 1.13. The molecule has 0 amide bonds. The molecule has 9 heteroatoms. The minimum absolute atomic E-state index is 0.0370. The van der Waals surface area contributed by atoms with Crippen LogP contribution in [0.4, 0.5) is 5.95 Å². The van der Waals surface area contributed by atoms with Crippen LogP contribution in [0.5, 0.6) is 0 Å². The van der Waals surface area contributed by atoms with Gasteiger partial charge in [-0.15, -0.1) is 0 Å². The number of piperidine rings is 1. The number of hydrogen-bond donors (Lipinski definition) is 0. The molecule has 3 aromatic rings. The van der Waals surface area contributed by atoms with Crippen molar-refractivity contribution in [3.05, 3.63) is 70.8 Å². The molecule has 32 heavy (non-hydrogen) atoms. The zero-order chi connectivity index (χ0) is 22.9. The van der Waals surface area contributed by atoms with Gasteiger partial charge in [-0.2, -0.15) is 0 Å². The Morgan fingerprint density at radius 3 is 2.44 bits per heavy atom. The Hall–Kier alpha value is -3.33. The van der Waals surface area contributed by atoms with Gasteiger partial charge in [0.15, 0.2) is 15.6 Å². The predicted molar refractivity (Wildman–Crippen MR) is 122 cm³/mol. The quantitative estimate of drug-likeness (QED) is 0.548. The molecule has 1 atom stereocenters. The molecule has 4 rings (SSSR count). The smallest absolute Gasteiger partial charge is 0.255 e.